The van der Waals surface area contributed by atoms with Crippen LogP contribution in [0.4, 0.5) is 5.69 Å². The predicted molar refractivity (Wildman–Crippen MR) is 65.0 cm³/mol. The van der Waals surface area contributed by atoms with Crippen LogP contribution in [-0.2, 0) is 9.53 Å². The Hall–Kier alpha value is -0.980. The molecule has 0 spiro atoms. The van der Waals surface area contributed by atoms with Crippen LogP contribution in [0, 0.1) is 0 Å². The highest BCUT2D eigenvalue weighted by molar-refractivity contribution is 9.10. The molecule has 0 fully saturated rings. The van der Waals surface area contributed by atoms with Crippen molar-refractivity contribution in [1.82, 2.24) is 4.98 Å². The Labute approximate surface area is 103 Å². The maximum absolute atomic E-state index is 11.6. The van der Waals surface area contributed by atoms with Crippen molar-refractivity contribution in [2.45, 2.75) is 12.5 Å². The van der Waals surface area contributed by atoms with Crippen molar-refractivity contribution in [3.8, 4) is 0 Å². The molecule has 1 unspecified atom stereocenters. The Bertz CT molecular complexity index is 356. The van der Waals surface area contributed by atoms with Crippen LogP contribution < -0.4 is 11.1 Å². The molecule has 1 atom stereocenters. The Morgan fingerprint density at radius 3 is 3.06 bits per heavy atom. The molecular weight excluding hydrogens is 274 g/mol. The van der Waals surface area contributed by atoms with Crippen molar-refractivity contribution in [2.75, 3.05) is 19.0 Å². The minimum absolute atomic E-state index is 0.147. The third kappa shape index (κ3) is 3.88. The number of methoxy groups -OCH3 is 1. The highest BCUT2D eigenvalue weighted by Crippen LogP contribution is 2.18. The number of hydrogen-bond acceptors (Lipinski definition) is 4. The average molecular weight is 288 g/mol. The monoisotopic (exact) mass is 287 g/mol. The lowest BCUT2D eigenvalue weighted by molar-refractivity contribution is -0.118. The number of hydrogen-bond donors (Lipinski definition) is 2. The van der Waals surface area contributed by atoms with E-state index in [1.165, 1.54) is 7.11 Å². The van der Waals surface area contributed by atoms with Gasteiger partial charge in [0, 0.05) is 19.9 Å². The Morgan fingerprint density at radius 2 is 2.50 bits per heavy atom. The minimum atomic E-state index is -0.254. The predicted octanol–water partition coefficient (Wildman–Crippen LogP) is 1.15. The summed E-state index contributed by atoms with van der Waals surface area (Å²) < 4.78 is 5.63. The first-order valence-electron chi connectivity index (χ1n) is 4.80. The average Bonchev–Trinajstić information content (AvgIpc) is 2.29. The number of nitrogens with one attached hydrogen (secondary N) is 1. The molecule has 88 valence electrons. The normalized spacial score (nSPS) is 12.2. The fraction of sp³-hybridized carbons (Fsp3) is 0.400. The van der Waals surface area contributed by atoms with E-state index in [2.05, 4.69) is 26.2 Å². The zero-order valence-electron chi connectivity index (χ0n) is 8.94. The van der Waals surface area contributed by atoms with E-state index in [1.807, 2.05) is 0 Å². The van der Waals surface area contributed by atoms with Gasteiger partial charge in [0.2, 0.25) is 5.91 Å². The summed E-state index contributed by atoms with van der Waals surface area (Å²) in [5.74, 6) is -0.147. The number of nitrogens with zero attached hydrogens (tertiary/aromatic N) is 1. The summed E-state index contributed by atoms with van der Waals surface area (Å²) in [5.41, 5.74) is 6.07. The second-order valence-corrected chi connectivity index (χ2v) is 3.94. The molecule has 0 bridgehead atoms. The second kappa shape index (κ2) is 6.57. The zero-order chi connectivity index (χ0) is 12.0. The standard InChI is InChI=1S/C10H14BrN3O2/c1-16-7(6-12)5-9(15)14-8-3-2-4-13-10(8)11/h2-4,7H,5-6,12H2,1H3,(H,14,15). The van der Waals surface area contributed by atoms with E-state index in [0.717, 1.165) is 0 Å². The number of nitrogens with two attached hydrogens (primary N) is 1. The van der Waals surface area contributed by atoms with Gasteiger partial charge >= 0.3 is 0 Å². The highest BCUT2D eigenvalue weighted by Gasteiger charge is 2.12. The number of carbonyl (C=O) groups excluding carboxylic acids is 1. The molecule has 0 saturated carbocycles. The number of amides is 1. The van der Waals surface area contributed by atoms with Gasteiger partial charge in [0.15, 0.2) is 0 Å². The van der Waals surface area contributed by atoms with Crippen LogP contribution in [0.1, 0.15) is 6.42 Å². The van der Waals surface area contributed by atoms with Gasteiger partial charge < -0.3 is 15.8 Å². The quantitative estimate of drug-likeness (QED) is 0.797. The van der Waals surface area contributed by atoms with E-state index >= 15 is 0 Å². The number of aromatic nitrogens is 1. The van der Waals surface area contributed by atoms with E-state index in [9.17, 15) is 4.79 Å². The second-order valence-electron chi connectivity index (χ2n) is 3.19. The minimum Gasteiger partial charge on any atom is -0.380 e. The number of ether oxygens (including phenoxy) is 1. The number of rotatable bonds is 5. The first-order valence-corrected chi connectivity index (χ1v) is 5.60. The molecule has 16 heavy (non-hydrogen) atoms. The summed E-state index contributed by atoms with van der Waals surface area (Å²) >= 11 is 3.24. The molecule has 0 aliphatic carbocycles. The molecule has 6 heteroatoms. The molecule has 0 radical (unpaired) electrons. The topological polar surface area (TPSA) is 77.2 Å². The number of pyridine rings is 1. The summed E-state index contributed by atoms with van der Waals surface area (Å²) in [6, 6.07) is 3.51. The van der Waals surface area contributed by atoms with E-state index in [0.29, 0.717) is 16.8 Å². The molecule has 1 aromatic rings. The van der Waals surface area contributed by atoms with Gasteiger partial charge in [0.1, 0.15) is 4.60 Å². The summed E-state index contributed by atoms with van der Waals surface area (Å²) in [4.78, 5) is 15.6. The molecule has 1 amide bonds. The van der Waals surface area contributed by atoms with Gasteiger partial charge in [-0.1, -0.05) is 0 Å². The molecular formula is C10H14BrN3O2. The van der Waals surface area contributed by atoms with Crippen LogP contribution in [0.2, 0.25) is 0 Å². The van der Waals surface area contributed by atoms with Gasteiger partial charge in [-0.05, 0) is 28.1 Å². The van der Waals surface area contributed by atoms with Crippen LogP contribution in [0.3, 0.4) is 0 Å². The summed E-state index contributed by atoms with van der Waals surface area (Å²) in [6.07, 6.45) is 1.61. The maximum Gasteiger partial charge on any atom is 0.227 e. The lowest BCUT2D eigenvalue weighted by Crippen LogP contribution is -2.28. The Morgan fingerprint density at radius 1 is 1.75 bits per heavy atom. The van der Waals surface area contributed by atoms with Gasteiger partial charge in [-0.25, -0.2) is 4.98 Å². The molecule has 0 saturated heterocycles. The SMILES string of the molecule is COC(CN)CC(=O)Nc1cccnc1Br. The van der Waals surface area contributed by atoms with E-state index < -0.39 is 0 Å². The van der Waals surface area contributed by atoms with Gasteiger partial charge in [0.05, 0.1) is 18.2 Å². The molecule has 1 rings (SSSR count). The zero-order valence-corrected chi connectivity index (χ0v) is 10.5. The lowest BCUT2D eigenvalue weighted by Gasteiger charge is -2.12. The third-order valence-electron chi connectivity index (χ3n) is 2.04. The lowest BCUT2D eigenvalue weighted by atomic mass is 10.2. The molecule has 0 aromatic carbocycles. The summed E-state index contributed by atoms with van der Waals surface area (Å²) in [5, 5.41) is 2.73. The van der Waals surface area contributed by atoms with Crippen LogP contribution in [0.5, 0.6) is 0 Å². The van der Waals surface area contributed by atoms with Crippen LogP contribution in [0.25, 0.3) is 0 Å². The first kappa shape index (κ1) is 13.1. The largest absolute Gasteiger partial charge is 0.380 e. The van der Waals surface area contributed by atoms with Crippen molar-refractivity contribution in [3.63, 3.8) is 0 Å². The fourth-order valence-corrected chi connectivity index (χ4v) is 1.50. The van der Waals surface area contributed by atoms with Crippen molar-refractivity contribution in [3.05, 3.63) is 22.9 Å². The molecule has 5 nitrogen and oxygen atoms in total. The number of carbonyl (C=O) groups is 1. The molecule has 0 aliphatic heterocycles. The van der Waals surface area contributed by atoms with Crippen molar-refractivity contribution in [2.24, 2.45) is 5.73 Å². The van der Waals surface area contributed by atoms with Gasteiger partial charge in [-0.15, -0.1) is 0 Å². The van der Waals surface area contributed by atoms with Crippen LogP contribution in [0.15, 0.2) is 22.9 Å². The Kier molecular flexibility index (Phi) is 5.37. The van der Waals surface area contributed by atoms with Crippen molar-refractivity contribution >= 4 is 27.5 Å². The van der Waals surface area contributed by atoms with Gasteiger partial charge in [0.25, 0.3) is 0 Å². The molecule has 1 heterocycles. The number of anilines is 1. The summed E-state index contributed by atoms with van der Waals surface area (Å²) in [6.45, 7) is 0.318. The first-order chi connectivity index (χ1) is 7.67. The van der Waals surface area contributed by atoms with E-state index in [1.54, 1.807) is 18.3 Å². The Balaban J connectivity index is 2.55. The third-order valence-corrected chi connectivity index (χ3v) is 2.67. The van der Waals surface area contributed by atoms with E-state index in [-0.39, 0.29) is 18.4 Å². The summed E-state index contributed by atoms with van der Waals surface area (Å²) in [7, 11) is 1.53. The van der Waals surface area contributed by atoms with Crippen LogP contribution in [-0.4, -0.2) is 30.6 Å². The maximum atomic E-state index is 11.6. The number of halogens is 1. The molecule has 0 aliphatic rings. The van der Waals surface area contributed by atoms with E-state index in [4.69, 9.17) is 10.5 Å². The van der Waals surface area contributed by atoms with Crippen LogP contribution >= 0.6 is 15.9 Å². The van der Waals surface area contributed by atoms with Crippen molar-refractivity contribution < 1.29 is 9.53 Å². The van der Waals surface area contributed by atoms with Gasteiger partial charge in [-0.3, -0.25) is 4.79 Å². The van der Waals surface area contributed by atoms with Crippen molar-refractivity contribution in [1.29, 1.82) is 0 Å². The molecule has 1 aromatic heterocycles. The van der Waals surface area contributed by atoms with Gasteiger partial charge in [-0.2, -0.15) is 0 Å². The molecule has 3 N–H and O–H groups in total. The smallest absolute Gasteiger partial charge is 0.227 e. The fourth-order valence-electron chi connectivity index (χ4n) is 1.15. The highest BCUT2D eigenvalue weighted by atomic mass is 79.9.